The maximum absolute atomic E-state index is 10.0. The minimum absolute atomic E-state index is 0.116. The minimum Gasteiger partial charge on any atom is -0.504 e. The number of aliphatic hydroxyl groups is 2. The van der Waals surface area contributed by atoms with Crippen LogP contribution in [0.25, 0.3) is 0 Å². The predicted molar refractivity (Wildman–Crippen MR) is 93.0 cm³/mol. The monoisotopic (exact) mass is 370 g/mol. The van der Waals surface area contributed by atoms with Crippen LogP contribution in [0.15, 0.2) is 46.2 Å². The van der Waals surface area contributed by atoms with Crippen molar-refractivity contribution in [3.63, 3.8) is 0 Å². The molecule has 0 aromatic heterocycles. The Morgan fingerprint density at radius 2 is 1.04 bits per heavy atom. The van der Waals surface area contributed by atoms with Crippen molar-refractivity contribution in [3.05, 3.63) is 36.4 Å². The van der Waals surface area contributed by atoms with E-state index in [-0.39, 0.29) is 34.5 Å². The van der Waals surface area contributed by atoms with Crippen LogP contribution < -0.4 is 0 Å². The van der Waals surface area contributed by atoms with Crippen molar-refractivity contribution in [2.24, 2.45) is 0 Å². The van der Waals surface area contributed by atoms with E-state index >= 15 is 0 Å². The highest BCUT2D eigenvalue weighted by molar-refractivity contribution is 7.99. The summed E-state index contributed by atoms with van der Waals surface area (Å²) >= 11 is 2.21. The van der Waals surface area contributed by atoms with Gasteiger partial charge in [0.15, 0.2) is 23.0 Å². The van der Waals surface area contributed by atoms with Gasteiger partial charge in [-0.2, -0.15) is 0 Å². The molecule has 2 aromatic rings. The lowest BCUT2D eigenvalue weighted by Crippen LogP contribution is -2.30. The average molecular weight is 370 g/mol. The molecule has 130 valence electrons. The van der Waals surface area contributed by atoms with E-state index in [4.69, 9.17) is 0 Å². The third kappa shape index (κ3) is 4.64. The van der Waals surface area contributed by atoms with Crippen LogP contribution >= 0.6 is 23.5 Å². The highest BCUT2D eigenvalue weighted by Crippen LogP contribution is 2.37. The molecule has 0 amide bonds. The van der Waals surface area contributed by atoms with E-state index in [9.17, 15) is 30.6 Å². The maximum atomic E-state index is 10.0. The van der Waals surface area contributed by atoms with Gasteiger partial charge in [-0.1, -0.05) is 12.1 Å². The molecule has 8 heteroatoms. The Kier molecular flexibility index (Phi) is 6.50. The van der Waals surface area contributed by atoms with Gasteiger partial charge in [-0.25, -0.2) is 0 Å². The van der Waals surface area contributed by atoms with Gasteiger partial charge in [0.1, 0.15) is 0 Å². The second-order valence-electron chi connectivity index (χ2n) is 5.00. The van der Waals surface area contributed by atoms with Crippen LogP contribution in [0.5, 0.6) is 23.0 Å². The van der Waals surface area contributed by atoms with E-state index in [1.807, 2.05) is 0 Å². The van der Waals surface area contributed by atoms with E-state index < -0.39 is 12.2 Å². The molecule has 0 unspecified atom stereocenters. The number of hydrogen-bond acceptors (Lipinski definition) is 8. The highest BCUT2D eigenvalue weighted by Gasteiger charge is 2.19. The van der Waals surface area contributed by atoms with E-state index in [2.05, 4.69) is 0 Å². The Balaban J connectivity index is 1.87. The van der Waals surface area contributed by atoms with Crippen molar-refractivity contribution in [1.29, 1.82) is 0 Å². The summed E-state index contributed by atoms with van der Waals surface area (Å²) in [6.07, 6.45) is -2.13. The third-order valence-electron chi connectivity index (χ3n) is 3.22. The molecule has 0 aliphatic rings. The first-order valence-electron chi connectivity index (χ1n) is 7.03. The molecule has 6 N–H and O–H groups in total. The van der Waals surface area contributed by atoms with Gasteiger partial charge in [0.05, 0.1) is 22.0 Å². The summed E-state index contributed by atoms with van der Waals surface area (Å²) in [7, 11) is 0. The Morgan fingerprint density at radius 1 is 0.667 bits per heavy atom. The lowest BCUT2D eigenvalue weighted by atomic mass is 10.3. The second-order valence-corrected chi connectivity index (χ2v) is 7.13. The molecule has 0 radical (unpaired) electrons. The van der Waals surface area contributed by atoms with E-state index in [0.29, 0.717) is 9.79 Å². The van der Waals surface area contributed by atoms with Crippen LogP contribution in [0.4, 0.5) is 0 Å². The minimum atomic E-state index is -1.07. The quantitative estimate of drug-likeness (QED) is 0.324. The highest BCUT2D eigenvalue weighted by atomic mass is 32.2. The Morgan fingerprint density at radius 3 is 1.42 bits per heavy atom. The van der Waals surface area contributed by atoms with Gasteiger partial charge >= 0.3 is 0 Å². The number of hydrogen-bond donors (Lipinski definition) is 6. The number of rotatable bonds is 7. The molecule has 0 spiro atoms. The normalized spacial score (nSPS) is 13.6. The van der Waals surface area contributed by atoms with Crippen LogP contribution in [0.2, 0.25) is 0 Å². The van der Waals surface area contributed by atoms with E-state index in [0.717, 1.165) is 23.5 Å². The maximum Gasteiger partial charge on any atom is 0.171 e. The number of phenolic OH excluding ortho intramolecular Hbond substituents is 4. The first-order chi connectivity index (χ1) is 11.4. The second kappa shape index (κ2) is 8.39. The standard InChI is InChI=1S/C16H18O6S2/c17-9-3-1-5-13(15(9)21)23-7-11(19)12(20)8-24-14-6-2-4-10(18)16(14)22/h1-6,11-12,17-22H,7-8H2/t11-,12+. The lowest BCUT2D eigenvalue weighted by molar-refractivity contribution is 0.0500. The zero-order chi connectivity index (χ0) is 17.7. The molecule has 2 aromatic carbocycles. The SMILES string of the molecule is Oc1cccc(SC[C@@H](O)[C@@H](O)CSc2cccc(O)c2O)c1O. The Labute approximate surface area is 147 Å². The number of para-hydroxylation sites is 2. The van der Waals surface area contributed by atoms with Crippen molar-refractivity contribution in [2.75, 3.05) is 11.5 Å². The summed E-state index contributed by atoms with van der Waals surface area (Å²) in [4.78, 5) is 0.805. The smallest absolute Gasteiger partial charge is 0.171 e. The zero-order valence-electron chi connectivity index (χ0n) is 12.5. The molecule has 0 saturated carbocycles. The summed E-state index contributed by atoms with van der Waals surface area (Å²) in [5, 5.41) is 58.2. The average Bonchev–Trinajstić information content (AvgIpc) is 2.57. The molecule has 24 heavy (non-hydrogen) atoms. The number of aromatic hydroxyl groups is 4. The van der Waals surface area contributed by atoms with Crippen molar-refractivity contribution in [3.8, 4) is 23.0 Å². The van der Waals surface area contributed by atoms with Crippen LogP contribution in [-0.2, 0) is 0 Å². The fourth-order valence-electron chi connectivity index (χ4n) is 1.83. The zero-order valence-corrected chi connectivity index (χ0v) is 14.2. The van der Waals surface area contributed by atoms with Gasteiger partial charge < -0.3 is 30.6 Å². The Bertz CT molecular complexity index is 635. The molecule has 0 bridgehead atoms. The summed E-state index contributed by atoms with van der Waals surface area (Å²) in [5.41, 5.74) is 0. The summed E-state index contributed by atoms with van der Waals surface area (Å²) < 4.78 is 0. The lowest BCUT2D eigenvalue weighted by Gasteiger charge is -2.18. The van der Waals surface area contributed by atoms with Gasteiger partial charge in [-0.05, 0) is 24.3 Å². The molecule has 2 atom stereocenters. The molecule has 2 rings (SSSR count). The van der Waals surface area contributed by atoms with Gasteiger partial charge in [-0.15, -0.1) is 23.5 Å². The van der Waals surface area contributed by atoms with Gasteiger partial charge in [-0.3, -0.25) is 0 Å². The topological polar surface area (TPSA) is 121 Å². The summed E-state index contributed by atoms with van der Waals surface area (Å²) in [5.74, 6) is -0.781. The van der Waals surface area contributed by atoms with E-state index in [1.54, 1.807) is 24.3 Å². The first-order valence-corrected chi connectivity index (χ1v) is 9.01. The molecule has 0 fully saturated rings. The molecule has 0 aliphatic heterocycles. The molecule has 0 aliphatic carbocycles. The van der Waals surface area contributed by atoms with Crippen molar-refractivity contribution in [2.45, 2.75) is 22.0 Å². The number of aliphatic hydroxyl groups excluding tert-OH is 2. The molecular weight excluding hydrogens is 352 g/mol. The predicted octanol–water partition coefficient (Wildman–Crippen LogP) is 2.12. The van der Waals surface area contributed by atoms with E-state index in [1.165, 1.54) is 12.1 Å². The van der Waals surface area contributed by atoms with Crippen molar-refractivity contribution in [1.82, 2.24) is 0 Å². The third-order valence-corrected chi connectivity index (χ3v) is 5.52. The molecule has 0 saturated heterocycles. The fourth-order valence-corrected chi connectivity index (χ4v) is 3.80. The van der Waals surface area contributed by atoms with Crippen molar-refractivity contribution >= 4 is 23.5 Å². The fraction of sp³-hybridized carbons (Fsp3) is 0.250. The van der Waals surface area contributed by atoms with Gasteiger partial charge in [0.25, 0.3) is 0 Å². The largest absolute Gasteiger partial charge is 0.504 e. The number of benzene rings is 2. The molecular formula is C16H18O6S2. The van der Waals surface area contributed by atoms with Gasteiger partial charge in [0.2, 0.25) is 0 Å². The van der Waals surface area contributed by atoms with Gasteiger partial charge in [0, 0.05) is 11.5 Å². The number of thioether (sulfide) groups is 2. The van der Waals surface area contributed by atoms with Crippen molar-refractivity contribution < 1.29 is 30.6 Å². The molecule has 6 nitrogen and oxygen atoms in total. The number of phenols is 4. The van der Waals surface area contributed by atoms with Crippen LogP contribution in [-0.4, -0.2) is 54.4 Å². The Hall–Kier alpha value is -1.74. The van der Waals surface area contributed by atoms with Crippen LogP contribution in [0.3, 0.4) is 0 Å². The molecule has 0 heterocycles. The summed E-state index contributed by atoms with van der Waals surface area (Å²) in [6.45, 7) is 0. The van der Waals surface area contributed by atoms with Crippen LogP contribution in [0, 0.1) is 0 Å². The summed E-state index contributed by atoms with van der Waals surface area (Å²) in [6, 6.07) is 9.03. The first kappa shape index (κ1) is 18.6. The van der Waals surface area contributed by atoms with Crippen LogP contribution in [0.1, 0.15) is 0 Å².